The van der Waals surface area contributed by atoms with Gasteiger partial charge in [-0.05, 0) is 35.9 Å². The molecule has 0 fully saturated rings. The quantitative estimate of drug-likeness (QED) is 0.656. The van der Waals surface area contributed by atoms with Gasteiger partial charge in [0.2, 0.25) is 0 Å². The zero-order valence-electron chi connectivity index (χ0n) is 9.56. The van der Waals surface area contributed by atoms with Crippen molar-refractivity contribution in [2.75, 3.05) is 0 Å². The maximum atomic E-state index is 7.31. The SMILES string of the molecule is N=C(N)c1cc(COc2cccc(Cl)c2)ccn1. The third-order valence-corrected chi connectivity index (χ3v) is 2.54. The van der Waals surface area contributed by atoms with Crippen LogP contribution in [0.25, 0.3) is 0 Å². The third kappa shape index (κ3) is 3.21. The number of nitrogens with zero attached hydrogens (tertiary/aromatic N) is 1. The Labute approximate surface area is 110 Å². The molecule has 18 heavy (non-hydrogen) atoms. The molecule has 0 unspecified atom stereocenters. The van der Waals surface area contributed by atoms with E-state index in [9.17, 15) is 0 Å². The minimum absolute atomic E-state index is 0.0559. The highest BCUT2D eigenvalue weighted by molar-refractivity contribution is 6.30. The zero-order chi connectivity index (χ0) is 13.0. The number of benzene rings is 1. The van der Waals surface area contributed by atoms with E-state index >= 15 is 0 Å². The van der Waals surface area contributed by atoms with Gasteiger partial charge in [-0.3, -0.25) is 10.4 Å². The van der Waals surface area contributed by atoms with E-state index < -0.39 is 0 Å². The molecule has 0 aliphatic heterocycles. The van der Waals surface area contributed by atoms with Crippen molar-refractivity contribution in [2.45, 2.75) is 6.61 Å². The zero-order valence-corrected chi connectivity index (χ0v) is 10.3. The van der Waals surface area contributed by atoms with E-state index in [2.05, 4.69) is 4.98 Å². The summed E-state index contributed by atoms with van der Waals surface area (Å²) in [5.41, 5.74) is 6.72. The molecule has 0 radical (unpaired) electrons. The standard InChI is InChI=1S/C13H12ClN3O/c14-10-2-1-3-11(7-10)18-8-9-4-5-17-12(6-9)13(15)16/h1-7H,8H2,(H3,15,16). The number of rotatable bonds is 4. The molecule has 4 nitrogen and oxygen atoms in total. The lowest BCUT2D eigenvalue weighted by Crippen LogP contribution is -2.13. The molecule has 92 valence electrons. The smallest absolute Gasteiger partial charge is 0.141 e. The Morgan fingerprint density at radius 1 is 1.33 bits per heavy atom. The molecule has 0 aliphatic rings. The highest BCUT2D eigenvalue weighted by Crippen LogP contribution is 2.18. The van der Waals surface area contributed by atoms with Crippen LogP contribution < -0.4 is 10.5 Å². The molecule has 3 N–H and O–H groups in total. The van der Waals surface area contributed by atoms with Crippen LogP contribution in [-0.4, -0.2) is 10.8 Å². The normalized spacial score (nSPS) is 10.1. The van der Waals surface area contributed by atoms with Crippen LogP contribution in [0.4, 0.5) is 0 Å². The first-order chi connectivity index (χ1) is 8.65. The number of amidine groups is 1. The fourth-order valence-corrected chi connectivity index (χ4v) is 1.62. The Hall–Kier alpha value is -2.07. The van der Waals surface area contributed by atoms with E-state index in [1.165, 1.54) is 0 Å². The summed E-state index contributed by atoms with van der Waals surface area (Å²) >= 11 is 5.86. The van der Waals surface area contributed by atoms with E-state index in [4.69, 9.17) is 27.5 Å². The van der Waals surface area contributed by atoms with Gasteiger partial charge in [-0.2, -0.15) is 0 Å². The molecular weight excluding hydrogens is 250 g/mol. The van der Waals surface area contributed by atoms with Crippen molar-refractivity contribution >= 4 is 17.4 Å². The van der Waals surface area contributed by atoms with Crippen molar-refractivity contribution in [3.63, 3.8) is 0 Å². The van der Waals surface area contributed by atoms with Crippen LogP contribution in [0.3, 0.4) is 0 Å². The van der Waals surface area contributed by atoms with Crippen LogP contribution in [-0.2, 0) is 6.61 Å². The summed E-state index contributed by atoms with van der Waals surface area (Å²) in [5.74, 6) is 0.642. The van der Waals surface area contributed by atoms with Gasteiger partial charge in [0.25, 0.3) is 0 Å². The van der Waals surface area contributed by atoms with Gasteiger partial charge >= 0.3 is 0 Å². The molecule has 1 aromatic heterocycles. The van der Waals surface area contributed by atoms with Gasteiger partial charge in [0, 0.05) is 11.2 Å². The van der Waals surface area contributed by atoms with Crippen LogP contribution in [0.1, 0.15) is 11.3 Å². The number of nitrogens with two attached hydrogens (primary N) is 1. The molecule has 2 rings (SSSR count). The summed E-state index contributed by atoms with van der Waals surface area (Å²) in [6.07, 6.45) is 1.60. The summed E-state index contributed by atoms with van der Waals surface area (Å²) in [5, 5.41) is 7.94. The summed E-state index contributed by atoms with van der Waals surface area (Å²) < 4.78 is 5.58. The maximum absolute atomic E-state index is 7.31. The van der Waals surface area contributed by atoms with Gasteiger partial charge in [0.1, 0.15) is 23.9 Å². The summed E-state index contributed by atoms with van der Waals surface area (Å²) in [6, 6.07) is 10.7. The Balaban J connectivity index is 2.06. The summed E-state index contributed by atoms with van der Waals surface area (Å²) in [6.45, 7) is 0.378. The van der Waals surface area contributed by atoms with E-state index in [-0.39, 0.29) is 5.84 Å². The first-order valence-electron chi connectivity index (χ1n) is 5.33. The first-order valence-corrected chi connectivity index (χ1v) is 5.70. The summed E-state index contributed by atoms with van der Waals surface area (Å²) in [7, 11) is 0. The van der Waals surface area contributed by atoms with Crippen molar-refractivity contribution < 1.29 is 4.74 Å². The van der Waals surface area contributed by atoms with E-state index in [1.807, 2.05) is 18.2 Å². The highest BCUT2D eigenvalue weighted by Gasteiger charge is 2.01. The topological polar surface area (TPSA) is 72.0 Å². The minimum Gasteiger partial charge on any atom is -0.489 e. The van der Waals surface area contributed by atoms with Crippen LogP contribution in [0.15, 0.2) is 42.6 Å². The van der Waals surface area contributed by atoms with Gasteiger partial charge in [-0.15, -0.1) is 0 Å². The lowest BCUT2D eigenvalue weighted by molar-refractivity contribution is 0.306. The second-order valence-electron chi connectivity index (χ2n) is 3.71. The molecule has 0 amide bonds. The average molecular weight is 262 g/mol. The highest BCUT2D eigenvalue weighted by atomic mass is 35.5. The van der Waals surface area contributed by atoms with Gasteiger partial charge in [0.05, 0.1) is 0 Å². The van der Waals surface area contributed by atoms with Crippen molar-refractivity contribution in [2.24, 2.45) is 5.73 Å². The molecule has 1 aromatic carbocycles. The van der Waals surface area contributed by atoms with Crippen LogP contribution in [0.2, 0.25) is 5.02 Å². The van der Waals surface area contributed by atoms with Crippen molar-refractivity contribution in [1.82, 2.24) is 4.98 Å². The predicted octanol–water partition coefficient (Wildman–Crippen LogP) is 2.60. The fourth-order valence-electron chi connectivity index (χ4n) is 1.43. The number of halogens is 1. The van der Waals surface area contributed by atoms with Crippen molar-refractivity contribution in [3.05, 3.63) is 58.9 Å². The lowest BCUT2D eigenvalue weighted by Gasteiger charge is -2.07. The van der Waals surface area contributed by atoms with Crippen LogP contribution >= 0.6 is 11.6 Å². The Kier molecular flexibility index (Phi) is 3.79. The number of hydrogen-bond acceptors (Lipinski definition) is 3. The first kappa shape index (κ1) is 12.4. The summed E-state index contributed by atoms with van der Waals surface area (Å²) in [4.78, 5) is 3.98. The second-order valence-corrected chi connectivity index (χ2v) is 4.15. The van der Waals surface area contributed by atoms with Crippen LogP contribution in [0.5, 0.6) is 5.75 Å². The second kappa shape index (κ2) is 5.51. The van der Waals surface area contributed by atoms with E-state index in [0.29, 0.717) is 23.1 Å². The van der Waals surface area contributed by atoms with Gasteiger partial charge in [-0.1, -0.05) is 17.7 Å². The molecular formula is C13H12ClN3O. The van der Waals surface area contributed by atoms with Gasteiger partial charge < -0.3 is 10.5 Å². The van der Waals surface area contributed by atoms with Crippen molar-refractivity contribution in [1.29, 1.82) is 5.41 Å². The molecule has 1 heterocycles. The monoisotopic (exact) mass is 261 g/mol. The lowest BCUT2D eigenvalue weighted by atomic mass is 10.2. The Bertz CT molecular complexity index is 572. The van der Waals surface area contributed by atoms with Crippen LogP contribution in [0, 0.1) is 5.41 Å². The Morgan fingerprint density at radius 3 is 2.89 bits per heavy atom. The molecule has 5 heteroatoms. The van der Waals surface area contributed by atoms with Gasteiger partial charge in [0.15, 0.2) is 0 Å². The maximum Gasteiger partial charge on any atom is 0.141 e. The molecule has 0 bridgehead atoms. The minimum atomic E-state index is -0.0559. The number of hydrogen-bond donors (Lipinski definition) is 2. The number of pyridine rings is 1. The third-order valence-electron chi connectivity index (χ3n) is 2.30. The van der Waals surface area contributed by atoms with E-state index in [1.54, 1.807) is 24.4 Å². The van der Waals surface area contributed by atoms with Gasteiger partial charge in [-0.25, -0.2) is 0 Å². The largest absolute Gasteiger partial charge is 0.489 e. The van der Waals surface area contributed by atoms with E-state index in [0.717, 1.165) is 5.56 Å². The number of nitrogens with one attached hydrogen (secondary N) is 1. The molecule has 0 atom stereocenters. The molecule has 0 saturated carbocycles. The predicted molar refractivity (Wildman–Crippen MR) is 71.0 cm³/mol. The molecule has 0 spiro atoms. The molecule has 0 aliphatic carbocycles. The molecule has 0 saturated heterocycles. The number of nitrogen functional groups attached to an aromatic ring is 1. The average Bonchev–Trinajstić information content (AvgIpc) is 2.37. The number of aromatic nitrogens is 1. The number of ether oxygens (including phenoxy) is 1. The molecule has 2 aromatic rings. The van der Waals surface area contributed by atoms with Crippen molar-refractivity contribution in [3.8, 4) is 5.75 Å². The Morgan fingerprint density at radius 2 is 2.17 bits per heavy atom. The fraction of sp³-hybridized carbons (Fsp3) is 0.0769.